The van der Waals surface area contributed by atoms with E-state index in [1.54, 1.807) is 24.3 Å². The summed E-state index contributed by atoms with van der Waals surface area (Å²) < 4.78 is 26.9. The molecule has 0 aliphatic rings. The Kier molecular flexibility index (Phi) is 6.96. The lowest BCUT2D eigenvalue weighted by atomic mass is 9.96. The van der Waals surface area contributed by atoms with Crippen LogP contribution in [0.15, 0.2) is 65.6 Å². The third-order valence-electron chi connectivity index (χ3n) is 5.66. The molecular weight excluding hydrogens is 444 g/mol. The van der Waals surface area contributed by atoms with Gasteiger partial charge in [-0.25, -0.2) is 8.42 Å². The average molecular weight is 471 g/mol. The predicted molar refractivity (Wildman–Crippen MR) is 130 cm³/mol. The predicted octanol–water partition coefficient (Wildman–Crippen LogP) is 5.58. The monoisotopic (exact) mass is 470 g/mol. The van der Waals surface area contributed by atoms with E-state index >= 15 is 0 Å². The fraction of sp³-hybridized carbons (Fsp3) is 0.240. The Labute approximate surface area is 195 Å². The van der Waals surface area contributed by atoms with Gasteiger partial charge in [0.2, 0.25) is 0 Å². The van der Waals surface area contributed by atoms with E-state index in [1.165, 1.54) is 46.7 Å². The number of sulfonamides is 1. The zero-order valence-corrected chi connectivity index (χ0v) is 20.4. The molecule has 168 valence electrons. The quantitative estimate of drug-likeness (QED) is 0.511. The summed E-state index contributed by atoms with van der Waals surface area (Å²) in [4.78, 5) is 12.9. The van der Waals surface area contributed by atoms with Gasteiger partial charge in [-0.1, -0.05) is 23.7 Å². The van der Waals surface area contributed by atoms with Crippen LogP contribution in [0.25, 0.3) is 0 Å². The van der Waals surface area contributed by atoms with E-state index in [0.29, 0.717) is 16.3 Å². The molecule has 1 amide bonds. The van der Waals surface area contributed by atoms with Gasteiger partial charge in [-0.2, -0.15) is 0 Å². The third-order valence-corrected chi connectivity index (χ3v) is 7.71. The van der Waals surface area contributed by atoms with Gasteiger partial charge >= 0.3 is 0 Å². The molecule has 0 spiro atoms. The van der Waals surface area contributed by atoms with Crippen molar-refractivity contribution < 1.29 is 13.2 Å². The Hall–Kier alpha value is -2.83. The molecule has 0 heterocycles. The van der Waals surface area contributed by atoms with Crippen LogP contribution < -0.4 is 9.62 Å². The number of nitrogens with one attached hydrogen (secondary N) is 1. The third kappa shape index (κ3) is 4.97. The molecule has 0 bridgehead atoms. The first-order valence-corrected chi connectivity index (χ1v) is 12.1. The van der Waals surface area contributed by atoms with E-state index in [9.17, 15) is 13.2 Å². The first-order chi connectivity index (χ1) is 15.0. The number of benzene rings is 3. The summed E-state index contributed by atoms with van der Waals surface area (Å²) in [5, 5.41) is 3.49. The molecule has 0 unspecified atom stereocenters. The molecule has 0 aliphatic carbocycles. The van der Waals surface area contributed by atoms with Gasteiger partial charge in [0.25, 0.3) is 15.9 Å². The highest BCUT2D eigenvalue weighted by atomic mass is 35.5. The highest BCUT2D eigenvalue weighted by Crippen LogP contribution is 2.25. The second-order valence-corrected chi connectivity index (χ2v) is 10.4. The summed E-state index contributed by atoms with van der Waals surface area (Å²) in [7, 11) is -2.26. The molecule has 32 heavy (non-hydrogen) atoms. The van der Waals surface area contributed by atoms with Crippen LogP contribution in [0.1, 0.15) is 45.6 Å². The number of carbonyl (C=O) groups is 1. The number of halogens is 1. The second kappa shape index (κ2) is 9.35. The van der Waals surface area contributed by atoms with Gasteiger partial charge in [-0.15, -0.1) is 0 Å². The van der Waals surface area contributed by atoms with E-state index in [1.807, 2.05) is 13.8 Å². The zero-order chi connectivity index (χ0) is 23.6. The fourth-order valence-corrected chi connectivity index (χ4v) is 4.85. The minimum Gasteiger partial charge on any atom is -0.346 e. The van der Waals surface area contributed by atoms with Crippen molar-refractivity contribution in [2.45, 2.75) is 38.6 Å². The minimum atomic E-state index is -3.74. The van der Waals surface area contributed by atoms with Gasteiger partial charge in [-0.3, -0.25) is 9.10 Å². The summed E-state index contributed by atoms with van der Waals surface area (Å²) in [6.07, 6.45) is 0. The van der Waals surface area contributed by atoms with E-state index in [4.69, 9.17) is 11.6 Å². The minimum absolute atomic E-state index is 0.142. The van der Waals surface area contributed by atoms with E-state index in [-0.39, 0.29) is 16.8 Å². The van der Waals surface area contributed by atoms with Crippen LogP contribution in [0.4, 0.5) is 5.69 Å². The maximum atomic E-state index is 12.9. The normalized spacial score (nSPS) is 12.3. The molecular formula is C25H27ClN2O3S. The van der Waals surface area contributed by atoms with Crippen molar-refractivity contribution in [1.29, 1.82) is 0 Å². The van der Waals surface area contributed by atoms with Gasteiger partial charge in [0, 0.05) is 17.6 Å². The van der Waals surface area contributed by atoms with E-state index in [0.717, 1.165) is 11.1 Å². The Morgan fingerprint density at radius 1 is 0.906 bits per heavy atom. The molecule has 0 aliphatic heterocycles. The number of aryl methyl sites for hydroxylation is 3. The molecule has 3 aromatic rings. The number of anilines is 1. The summed E-state index contributed by atoms with van der Waals surface area (Å²) in [5.74, 6) is -0.218. The van der Waals surface area contributed by atoms with Gasteiger partial charge in [0.05, 0.1) is 16.6 Å². The van der Waals surface area contributed by atoms with Crippen LogP contribution in [0.5, 0.6) is 0 Å². The maximum absolute atomic E-state index is 12.9. The summed E-state index contributed by atoms with van der Waals surface area (Å²) in [6, 6.07) is 16.6. The fourth-order valence-electron chi connectivity index (χ4n) is 3.53. The average Bonchev–Trinajstić information content (AvgIpc) is 2.76. The molecule has 0 saturated carbocycles. The zero-order valence-electron chi connectivity index (χ0n) is 18.8. The highest BCUT2D eigenvalue weighted by molar-refractivity contribution is 7.92. The Morgan fingerprint density at radius 3 is 2.06 bits per heavy atom. The molecule has 0 saturated heterocycles. The molecule has 1 atom stereocenters. The van der Waals surface area contributed by atoms with Crippen LogP contribution in [0, 0.1) is 20.8 Å². The molecule has 1 N–H and O–H groups in total. The lowest BCUT2D eigenvalue weighted by Gasteiger charge is -2.20. The number of carbonyl (C=O) groups excluding carboxylic acids is 1. The van der Waals surface area contributed by atoms with Gasteiger partial charge < -0.3 is 5.32 Å². The summed E-state index contributed by atoms with van der Waals surface area (Å²) in [6.45, 7) is 8.12. The Balaban J connectivity index is 1.75. The van der Waals surface area contributed by atoms with Crippen LogP contribution in [-0.2, 0) is 10.0 Å². The van der Waals surface area contributed by atoms with E-state index in [2.05, 4.69) is 31.3 Å². The first-order valence-electron chi connectivity index (χ1n) is 10.2. The maximum Gasteiger partial charge on any atom is 0.264 e. The number of rotatable bonds is 6. The molecule has 3 rings (SSSR count). The molecule has 7 heteroatoms. The van der Waals surface area contributed by atoms with Crippen LogP contribution in [0.2, 0.25) is 5.02 Å². The standard InChI is InChI=1S/C25H27ClN2O3S/c1-16-14-18(3)24(15-17(16)2)19(4)27-25(29)20-6-10-22(11-7-20)28(5)32(30,31)23-12-8-21(26)9-13-23/h6-15,19H,1-5H3,(H,27,29)/t19-/m0/s1. The molecule has 3 aromatic carbocycles. The Bertz CT molecular complexity index is 1240. The van der Waals surface area contributed by atoms with Crippen LogP contribution in [-0.4, -0.2) is 21.4 Å². The van der Waals surface area contributed by atoms with Crippen LogP contribution in [0.3, 0.4) is 0 Å². The number of hydrogen-bond donors (Lipinski definition) is 1. The second-order valence-electron chi connectivity index (χ2n) is 7.96. The number of hydrogen-bond acceptors (Lipinski definition) is 3. The molecule has 0 aromatic heterocycles. The van der Waals surface area contributed by atoms with Crippen molar-refractivity contribution in [2.24, 2.45) is 0 Å². The molecule has 0 fully saturated rings. The SMILES string of the molecule is Cc1cc(C)c([C@H](C)NC(=O)c2ccc(N(C)S(=O)(=O)c3ccc(Cl)cc3)cc2)cc1C. The molecule has 0 radical (unpaired) electrons. The largest absolute Gasteiger partial charge is 0.346 e. The van der Waals surface area contributed by atoms with Crippen molar-refractivity contribution in [3.8, 4) is 0 Å². The lowest BCUT2D eigenvalue weighted by molar-refractivity contribution is 0.0940. The van der Waals surface area contributed by atoms with Crippen molar-refractivity contribution >= 4 is 33.2 Å². The topological polar surface area (TPSA) is 66.5 Å². The number of nitrogens with zero attached hydrogens (tertiary/aromatic N) is 1. The van der Waals surface area contributed by atoms with Crippen molar-refractivity contribution in [3.63, 3.8) is 0 Å². The van der Waals surface area contributed by atoms with Crippen LogP contribution >= 0.6 is 11.6 Å². The smallest absolute Gasteiger partial charge is 0.264 e. The lowest BCUT2D eigenvalue weighted by Crippen LogP contribution is -2.28. The van der Waals surface area contributed by atoms with E-state index < -0.39 is 10.0 Å². The van der Waals surface area contributed by atoms with Gasteiger partial charge in [0.15, 0.2) is 0 Å². The summed E-state index contributed by atoms with van der Waals surface area (Å²) in [5.41, 5.74) is 5.52. The van der Waals surface area contributed by atoms with Crippen molar-refractivity contribution in [2.75, 3.05) is 11.4 Å². The summed E-state index contributed by atoms with van der Waals surface area (Å²) >= 11 is 5.86. The van der Waals surface area contributed by atoms with Gasteiger partial charge in [-0.05, 0) is 98.5 Å². The van der Waals surface area contributed by atoms with Gasteiger partial charge in [0.1, 0.15) is 0 Å². The highest BCUT2D eigenvalue weighted by Gasteiger charge is 2.22. The Morgan fingerprint density at radius 2 is 1.47 bits per heavy atom. The van der Waals surface area contributed by atoms with Crippen molar-refractivity contribution in [3.05, 3.63) is 93.5 Å². The molecule has 5 nitrogen and oxygen atoms in total. The van der Waals surface area contributed by atoms with Crippen molar-refractivity contribution in [1.82, 2.24) is 5.32 Å². The number of amides is 1. The first kappa shape index (κ1) is 23.8.